The highest BCUT2D eigenvalue weighted by molar-refractivity contribution is 5.86. The molecule has 0 saturated carbocycles. The van der Waals surface area contributed by atoms with Gasteiger partial charge in [0.2, 0.25) is 5.76 Å². The molecular formula is C15H26N2O3. The summed E-state index contributed by atoms with van der Waals surface area (Å²) in [6, 6.07) is 2.81. The first-order valence-corrected chi connectivity index (χ1v) is 7.12. The Hall–Kier alpha value is -1.33. The second-order valence-electron chi connectivity index (χ2n) is 5.63. The fraction of sp³-hybridized carbons (Fsp3) is 0.667. The number of nitrogens with one attached hydrogen (secondary N) is 1. The average Bonchev–Trinajstić information content (AvgIpc) is 2.69. The van der Waals surface area contributed by atoms with Gasteiger partial charge in [-0.05, 0) is 40.7 Å². The van der Waals surface area contributed by atoms with E-state index in [1.165, 1.54) is 0 Å². The molecule has 1 rings (SSSR count). The Balaban J connectivity index is 2.41. The molecule has 1 aromatic heterocycles. The standard InChI is InChI=1S/C15H26N2O3/c1-10(2)17(11(3)4)7-6-16-9-13-8-12(5)14(20-13)15(18)19/h8,10-11,16H,6-7,9H2,1-5H3,(H,18,19). The zero-order valence-electron chi connectivity index (χ0n) is 13.1. The van der Waals surface area contributed by atoms with Gasteiger partial charge >= 0.3 is 5.97 Å². The van der Waals surface area contributed by atoms with Gasteiger partial charge in [-0.2, -0.15) is 0 Å². The Morgan fingerprint density at radius 1 is 1.35 bits per heavy atom. The molecule has 0 saturated heterocycles. The third-order valence-electron chi connectivity index (χ3n) is 3.34. The molecule has 5 nitrogen and oxygen atoms in total. The highest BCUT2D eigenvalue weighted by Crippen LogP contribution is 2.14. The van der Waals surface area contributed by atoms with E-state index in [0.29, 0.717) is 30.0 Å². The molecule has 0 aliphatic carbocycles. The SMILES string of the molecule is Cc1cc(CNCCN(C(C)C)C(C)C)oc1C(=O)O. The maximum Gasteiger partial charge on any atom is 0.372 e. The third kappa shape index (κ3) is 4.65. The fourth-order valence-electron chi connectivity index (χ4n) is 2.38. The van der Waals surface area contributed by atoms with Gasteiger partial charge in [0.05, 0.1) is 6.54 Å². The number of carboxylic acids is 1. The van der Waals surface area contributed by atoms with E-state index in [0.717, 1.165) is 13.1 Å². The number of rotatable bonds is 8. The van der Waals surface area contributed by atoms with E-state index in [1.54, 1.807) is 13.0 Å². The summed E-state index contributed by atoms with van der Waals surface area (Å²) in [6.07, 6.45) is 0. The number of nitrogens with zero attached hydrogens (tertiary/aromatic N) is 1. The minimum Gasteiger partial charge on any atom is -0.475 e. The van der Waals surface area contributed by atoms with E-state index in [-0.39, 0.29) is 5.76 Å². The smallest absolute Gasteiger partial charge is 0.372 e. The van der Waals surface area contributed by atoms with Crippen molar-refractivity contribution in [1.29, 1.82) is 0 Å². The molecule has 2 N–H and O–H groups in total. The van der Waals surface area contributed by atoms with Gasteiger partial charge < -0.3 is 14.8 Å². The maximum absolute atomic E-state index is 10.9. The summed E-state index contributed by atoms with van der Waals surface area (Å²) in [6.45, 7) is 12.9. The van der Waals surface area contributed by atoms with Crippen LogP contribution in [0.1, 0.15) is 49.6 Å². The molecule has 0 bridgehead atoms. The Morgan fingerprint density at radius 2 is 1.95 bits per heavy atom. The maximum atomic E-state index is 10.9. The minimum absolute atomic E-state index is 0.0350. The van der Waals surface area contributed by atoms with Crippen molar-refractivity contribution in [2.24, 2.45) is 0 Å². The summed E-state index contributed by atoms with van der Waals surface area (Å²) < 4.78 is 5.30. The van der Waals surface area contributed by atoms with Crippen molar-refractivity contribution in [2.75, 3.05) is 13.1 Å². The molecule has 0 fully saturated rings. The normalized spacial score (nSPS) is 11.8. The van der Waals surface area contributed by atoms with Crippen LogP contribution in [0, 0.1) is 6.92 Å². The lowest BCUT2D eigenvalue weighted by Crippen LogP contribution is -2.41. The first-order chi connectivity index (χ1) is 9.32. The third-order valence-corrected chi connectivity index (χ3v) is 3.34. The fourth-order valence-corrected chi connectivity index (χ4v) is 2.38. The van der Waals surface area contributed by atoms with E-state index < -0.39 is 5.97 Å². The van der Waals surface area contributed by atoms with E-state index in [2.05, 4.69) is 37.9 Å². The number of furan rings is 1. The minimum atomic E-state index is -1.01. The van der Waals surface area contributed by atoms with Gasteiger partial charge in [-0.25, -0.2) is 4.79 Å². The number of hydrogen-bond donors (Lipinski definition) is 2. The Morgan fingerprint density at radius 3 is 2.40 bits per heavy atom. The van der Waals surface area contributed by atoms with Crippen LogP contribution >= 0.6 is 0 Å². The predicted octanol–water partition coefficient (Wildman–Crippen LogP) is 2.49. The molecule has 0 aliphatic heterocycles. The quantitative estimate of drug-likeness (QED) is 0.717. The Kier molecular flexibility index (Phi) is 6.23. The van der Waals surface area contributed by atoms with Crippen molar-refractivity contribution >= 4 is 5.97 Å². The molecular weight excluding hydrogens is 256 g/mol. The van der Waals surface area contributed by atoms with Gasteiger partial charge in [-0.3, -0.25) is 4.90 Å². The summed E-state index contributed by atoms with van der Waals surface area (Å²) in [4.78, 5) is 13.3. The second-order valence-corrected chi connectivity index (χ2v) is 5.63. The molecule has 114 valence electrons. The second kappa shape index (κ2) is 7.45. The van der Waals surface area contributed by atoms with Crippen molar-refractivity contribution in [3.63, 3.8) is 0 Å². The van der Waals surface area contributed by atoms with Crippen LogP contribution in [0.2, 0.25) is 0 Å². The Bertz CT molecular complexity index is 430. The molecule has 0 radical (unpaired) electrons. The topological polar surface area (TPSA) is 65.7 Å². The summed E-state index contributed by atoms with van der Waals surface area (Å²) in [7, 11) is 0. The summed E-state index contributed by atoms with van der Waals surface area (Å²) >= 11 is 0. The van der Waals surface area contributed by atoms with E-state index in [4.69, 9.17) is 9.52 Å². The van der Waals surface area contributed by atoms with Crippen LogP contribution in [-0.4, -0.2) is 41.1 Å². The van der Waals surface area contributed by atoms with Crippen LogP contribution in [0.25, 0.3) is 0 Å². The summed E-state index contributed by atoms with van der Waals surface area (Å²) in [5.74, 6) is -0.312. The molecule has 0 aromatic carbocycles. The zero-order valence-corrected chi connectivity index (χ0v) is 13.1. The van der Waals surface area contributed by atoms with Crippen LogP contribution in [0.4, 0.5) is 0 Å². The van der Waals surface area contributed by atoms with Crippen LogP contribution in [0.15, 0.2) is 10.5 Å². The van der Waals surface area contributed by atoms with Crippen molar-refractivity contribution in [2.45, 2.75) is 53.2 Å². The summed E-state index contributed by atoms with van der Waals surface area (Å²) in [5, 5.41) is 12.2. The van der Waals surface area contributed by atoms with Gasteiger partial charge in [-0.15, -0.1) is 0 Å². The first-order valence-electron chi connectivity index (χ1n) is 7.12. The molecule has 20 heavy (non-hydrogen) atoms. The van der Waals surface area contributed by atoms with Crippen molar-refractivity contribution in [3.05, 3.63) is 23.2 Å². The number of aryl methyl sites for hydroxylation is 1. The van der Waals surface area contributed by atoms with Crippen molar-refractivity contribution in [3.8, 4) is 0 Å². The number of hydrogen-bond acceptors (Lipinski definition) is 4. The van der Waals surface area contributed by atoms with Crippen LogP contribution in [-0.2, 0) is 6.54 Å². The lowest BCUT2D eigenvalue weighted by atomic mass is 10.2. The van der Waals surface area contributed by atoms with Crippen LogP contribution < -0.4 is 5.32 Å². The van der Waals surface area contributed by atoms with Gasteiger partial charge in [-0.1, -0.05) is 0 Å². The van der Waals surface area contributed by atoms with Gasteiger partial charge in [0, 0.05) is 30.7 Å². The molecule has 0 aliphatic rings. The number of aromatic carboxylic acids is 1. The molecule has 0 amide bonds. The van der Waals surface area contributed by atoms with Gasteiger partial charge in [0.25, 0.3) is 0 Å². The van der Waals surface area contributed by atoms with E-state index in [9.17, 15) is 4.79 Å². The first kappa shape index (κ1) is 16.7. The van der Waals surface area contributed by atoms with Crippen molar-refractivity contribution in [1.82, 2.24) is 10.2 Å². The van der Waals surface area contributed by atoms with Crippen LogP contribution in [0.5, 0.6) is 0 Å². The highest BCUT2D eigenvalue weighted by Gasteiger charge is 2.15. The molecule has 0 unspecified atom stereocenters. The lowest BCUT2D eigenvalue weighted by molar-refractivity contribution is 0.0659. The highest BCUT2D eigenvalue weighted by atomic mass is 16.4. The number of carboxylic acid groups (broad SMARTS) is 1. The average molecular weight is 282 g/mol. The molecule has 5 heteroatoms. The molecule has 1 heterocycles. The molecule has 0 spiro atoms. The van der Waals surface area contributed by atoms with E-state index >= 15 is 0 Å². The van der Waals surface area contributed by atoms with Gasteiger partial charge in [0.1, 0.15) is 5.76 Å². The molecule has 0 atom stereocenters. The number of carbonyl (C=O) groups is 1. The zero-order chi connectivity index (χ0) is 15.3. The van der Waals surface area contributed by atoms with Gasteiger partial charge in [0.15, 0.2) is 0 Å². The largest absolute Gasteiger partial charge is 0.475 e. The van der Waals surface area contributed by atoms with Crippen molar-refractivity contribution < 1.29 is 14.3 Å². The molecule has 1 aromatic rings. The van der Waals surface area contributed by atoms with E-state index in [1.807, 2.05) is 0 Å². The predicted molar refractivity (Wildman–Crippen MR) is 79.1 cm³/mol. The monoisotopic (exact) mass is 282 g/mol. The van der Waals surface area contributed by atoms with Crippen LogP contribution in [0.3, 0.4) is 0 Å². The Labute approximate surface area is 121 Å². The summed E-state index contributed by atoms with van der Waals surface area (Å²) in [5.41, 5.74) is 0.667. The lowest BCUT2D eigenvalue weighted by Gasteiger charge is -2.30.